The van der Waals surface area contributed by atoms with Crippen LogP contribution in [0.25, 0.3) is 0 Å². The third-order valence-electron chi connectivity index (χ3n) is 3.46. The molecule has 6 heteroatoms. The first-order valence-corrected chi connectivity index (χ1v) is 6.15. The molecule has 0 bridgehead atoms. The number of methoxy groups -OCH3 is 1. The maximum absolute atomic E-state index is 12.4. The van der Waals surface area contributed by atoms with Crippen molar-refractivity contribution in [2.45, 2.75) is 25.4 Å². The molecule has 0 spiro atoms. The van der Waals surface area contributed by atoms with E-state index in [0.717, 1.165) is 18.8 Å². The third-order valence-corrected chi connectivity index (χ3v) is 3.46. The SMILES string of the molecule is COC1(C(=O)Nc2cc(C)nn2C)CCNCC1. The Bertz CT molecular complexity index is 435. The summed E-state index contributed by atoms with van der Waals surface area (Å²) in [5.41, 5.74) is 0.160. The van der Waals surface area contributed by atoms with Gasteiger partial charge in [-0.25, -0.2) is 0 Å². The fraction of sp³-hybridized carbons (Fsp3) is 0.667. The van der Waals surface area contributed by atoms with Gasteiger partial charge in [0, 0.05) is 20.2 Å². The molecule has 2 rings (SSSR count). The van der Waals surface area contributed by atoms with Crippen molar-refractivity contribution in [3.63, 3.8) is 0 Å². The highest BCUT2D eigenvalue weighted by Crippen LogP contribution is 2.24. The summed E-state index contributed by atoms with van der Waals surface area (Å²) in [7, 11) is 3.41. The molecule has 6 nitrogen and oxygen atoms in total. The van der Waals surface area contributed by atoms with Gasteiger partial charge in [0.2, 0.25) is 0 Å². The number of nitrogens with one attached hydrogen (secondary N) is 2. The van der Waals surface area contributed by atoms with Crippen molar-refractivity contribution < 1.29 is 9.53 Å². The van der Waals surface area contributed by atoms with Gasteiger partial charge in [-0.2, -0.15) is 5.10 Å². The summed E-state index contributed by atoms with van der Waals surface area (Å²) < 4.78 is 7.14. The molecule has 1 fully saturated rings. The third kappa shape index (κ3) is 2.39. The smallest absolute Gasteiger partial charge is 0.257 e. The predicted molar refractivity (Wildman–Crippen MR) is 68.4 cm³/mol. The molecule has 1 amide bonds. The predicted octanol–water partition coefficient (Wildman–Crippen LogP) is 0.436. The lowest BCUT2D eigenvalue weighted by Crippen LogP contribution is -2.51. The molecule has 0 aromatic carbocycles. The lowest BCUT2D eigenvalue weighted by Gasteiger charge is -2.34. The number of carbonyl (C=O) groups excluding carboxylic acids is 1. The molecule has 18 heavy (non-hydrogen) atoms. The molecule has 100 valence electrons. The molecule has 0 atom stereocenters. The zero-order chi connectivity index (χ0) is 13.2. The molecule has 2 heterocycles. The van der Waals surface area contributed by atoms with Gasteiger partial charge in [0.15, 0.2) is 0 Å². The number of anilines is 1. The van der Waals surface area contributed by atoms with Gasteiger partial charge in [0.1, 0.15) is 11.4 Å². The van der Waals surface area contributed by atoms with E-state index in [4.69, 9.17) is 4.74 Å². The van der Waals surface area contributed by atoms with Gasteiger partial charge in [0.25, 0.3) is 5.91 Å². The van der Waals surface area contributed by atoms with Crippen molar-refractivity contribution in [3.8, 4) is 0 Å². The van der Waals surface area contributed by atoms with Crippen molar-refractivity contribution in [2.75, 3.05) is 25.5 Å². The van der Waals surface area contributed by atoms with E-state index in [1.807, 2.05) is 20.0 Å². The monoisotopic (exact) mass is 252 g/mol. The number of piperidine rings is 1. The summed E-state index contributed by atoms with van der Waals surface area (Å²) in [6, 6.07) is 1.85. The largest absolute Gasteiger partial charge is 0.368 e. The highest BCUT2D eigenvalue weighted by Gasteiger charge is 2.39. The zero-order valence-electron chi connectivity index (χ0n) is 11.1. The van der Waals surface area contributed by atoms with Crippen LogP contribution in [0.1, 0.15) is 18.5 Å². The van der Waals surface area contributed by atoms with E-state index in [2.05, 4.69) is 15.7 Å². The van der Waals surface area contributed by atoms with Gasteiger partial charge in [-0.1, -0.05) is 0 Å². The van der Waals surface area contributed by atoms with Crippen LogP contribution in [-0.4, -0.2) is 41.5 Å². The van der Waals surface area contributed by atoms with E-state index < -0.39 is 5.60 Å². The topological polar surface area (TPSA) is 68.2 Å². The highest BCUT2D eigenvalue weighted by atomic mass is 16.5. The van der Waals surface area contributed by atoms with E-state index in [9.17, 15) is 4.79 Å². The molecular formula is C12H20N4O2. The van der Waals surface area contributed by atoms with Crippen molar-refractivity contribution in [1.82, 2.24) is 15.1 Å². The number of aryl methyl sites for hydroxylation is 2. The van der Waals surface area contributed by atoms with Crippen LogP contribution in [0.3, 0.4) is 0 Å². The first kappa shape index (κ1) is 13.0. The van der Waals surface area contributed by atoms with E-state index in [0.29, 0.717) is 18.7 Å². The lowest BCUT2D eigenvalue weighted by atomic mass is 9.91. The normalized spacial score (nSPS) is 18.6. The zero-order valence-corrected chi connectivity index (χ0v) is 11.1. The number of hydrogen-bond donors (Lipinski definition) is 2. The van der Waals surface area contributed by atoms with Crippen LogP contribution in [-0.2, 0) is 16.6 Å². The molecule has 1 aromatic rings. The second-order valence-electron chi connectivity index (χ2n) is 4.70. The van der Waals surface area contributed by atoms with Crippen molar-refractivity contribution in [2.24, 2.45) is 7.05 Å². The van der Waals surface area contributed by atoms with Gasteiger partial charge in [-0.15, -0.1) is 0 Å². The summed E-state index contributed by atoms with van der Waals surface area (Å²) >= 11 is 0. The van der Waals surface area contributed by atoms with Crippen LogP contribution in [0.15, 0.2) is 6.07 Å². The highest BCUT2D eigenvalue weighted by molar-refractivity contribution is 5.96. The van der Waals surface area contributed by atoms with Gasteiger partial charge in [0.05, 0.1) is 5.69 Å². The Balaban J connectivity index is 2.12. The molecular weight excluding hydrogens is 232 g/mol. The lowest BCUT2D eigenvalue weighted by molar-refractivity contribution is -0.140. The van der Waals surface area contributed by atoms with Crippen LogP contribution in [0, 0.1) is 6.92 Å². The Labute approximate surface area is 107 Å². The van der Waals surface area contributed by atoms with Gasteiger partial charge in [-0.3, -0.25) is 9.48 Å². The summed E-state index contributed by atoms with van der Waals surface area (Å²) in [6.07, 6.45) is 1.37. The van der Waals surface area contributed by atoms with Gasteiger partial charge < -0.3 is 15.4 Å². The van der Waals surface area contributed by atoms with E-state index in [1.165, 1.54) is 0 Å². The van der Waals surface area contributed by atoms with Gasteiger partial charge >= 0.3 is 0 Å². The Kier molecular flexibility index (Phi) is 3.68. The van der Waals surface area contributed by atoms with Crippen LogP contribution >= 0.6 is 0 Å². The molecule has 1 saturated heterocycles. The molecule has 0 unspecified atom stereocenters. The van der Waals surface area contributed by atoms with E-state index >= 15 is 0 Å². The number of nitrogens with zero attached hydrogens (tertiary/aromatic N) is 2. The number of amides is 1. The summed E-state index contributed by atoms with van der Waals surface area (Å²) in [5.74, 6) is 0.613. The van der Waals surface area contributed by atoms with E-state index in [-0.39, 0.29) is 5.91 Å². The Morgan fingerprint density at radius 3 is 2.72 bits per heavy atom. The second-order valence-corrected chi connectivity index (χ2v) is 4.70. The summed E-state index contributed by atoms with van der Waals surface area (Å²) in [6.45, 7) is 3.49. The first-order chi connectivity index (χ1) is 8.57. The molecule has 1 aliphatic heterocycles. The van der Waals surface area contributed by atoms with Crippen LogP contribution in [0.2, 0.25) is 0 Å². The van der Waals surface area contributed by atoms with Gasteiger partial charge in [-0.05, 0) is 32.9 Å². The van der Waals surface area contributed by atoms with Crippen molar-refractivity contribution in [3.05, 3.63) is 11.8 Å². The molecule has 1 aliphatic rings. The molecule has 2 N–H and O–H groups in total. The standard InChI is InChI=1S/C12H20N4O2/c1-9-8-10(16(2)15-9)14-11(17)12(18-3)4-6-13-7-5-12/h8,13H,4-7H2,1-3H3,(H,14,17). The molecule has 0 saturated carbocycles. The molecule has 0 radical (unpaired) electrons. The Hall–Kier alpha value is -1.40. The summed E-state index contributed by atoms with van der Waals surface area (Å²) in [5, 5.41) is 10.3. The fourth-order valence-electron chi connectivity index (χ4n) is 2.31. The quantitative estimate of drug-likeness (QED) is 0.819. The van der Waals surface area contributed by atoms with Crippen LogP contribution < -0.4 is 10.6 Å². The molecule has 0 aliphatic carbocycles. The van der Waals surface area contributed by atoms with Crippen molar-refractivity contribution in [1.29, 1.82) is 0 Å². The maximum atomic E-state index is 12.4. The minimum atomic E-state index is -0.719. The second kappa shape index (κ2) is 5.07. The number of hydrogen-bond acceptors (Lipinski definition) is 4. The van der Waals surface area contributed by atoms with Crippen molar-refractivity contribution >= 4 is 11.7 Å². The van der Waals surface area contributed by atoms with Crippen LogP contribution in [0.5, 0.6) is 0 Å². The fourth-order valence-corrected chi connectivity index (χ4v) is 2.31. The Morgan fingerprint density at radius 2 is 2.22 bits per heavy atom. The minimum Gasteiger partial charge on any atom is -0.368 e. The van der Waals surface area contributed by atoms with E-state index in [1.54, 1.807) is 11.8 Å². The first-order valence-electron chi connectivity index (χ1n) is 6.15. The number of ether oxygens (including phenoxy) is 1. The average Bonchev–Trinajstić information content (AvgIpc) is 2.68. The molecule has 1 aromatic heterocycles. The van der Waals surface area contributed by atoms with Crippen LogP contribution in [0.4, 0.5) is 5.82 Å². The number of aromatic nitrogens is 2. The Morgan fingerprint density at radius 1 is 1.56 bits per heavy atom. The summed E-state index contributed by atoms with van der Waals surface area (Å²) in [4.78, 5) is 12.4. The number of rotatable bonds is 3. The minimum absolute atomic E-state index is 0.0884. The average molecular weight is 252 g/mol. The maximum Gasteiger partial charge on any atom is 0.257 e. The number of carbonyl (C=O) groups is 1.